The highest BCUT2D eigenvalue weighted by Crippen LogP contribution is 2.57. The SMILES string of the molecule is COc1ccc(C)nc1N1CC2(CC(c3nnc4n3-c3ccc(Cl)cc3CN(C(C)C(F)(F)F)C4)C2)C1. The van der Waals surface area contributed by atoms with Crippen LogP contribution < -0.4 is 9.64 Å². The van der Waals surface area contributed by atoms with Crippen LogP contribution in [0, 0.1) is 12.3 Å². The predicted octanol–water partition coefficient (Wildman–Crippen LogP) is 5.28. The maximum atomic E-state index is 13.6. The van der Waals surface area contributed by atoms with Crippen molar-refractivity contribution in [2.45, 2.75) is 57.9 Å². The molecular formula is C26H28ClF3N6O. The molecule has 1 saturated heterocycles. The van der Waals surface area contributed by atoms with E-state index in [4.69, 9.17) is 16.3 Å². The molecule has 1 unspecified atom stereocenters. The third-order valence-corrected chi connectivity index (χ3v) is 8.29. The zero-order chi connectivity index (χ0) is 26.1. The number of methoxy groups -OCH3 is 1. The molecule has 0 amide bonds. The minimum atomic E-state index is -4.35. The van der Waals surface area contributed by atoms with Gasteiger partial charge in [-0.3, -0.25) is 9.47 Å². The molecule has 2 aliphatic heterocycles. The molecule has 2 aromatic heterocycles. The van der Waals surface area contributed by atoms with Crippen molar-refractivity contribution in [3.63, 3.8) is 0 Å². The Kier molecular flexibility index (Phi) is 5.69. The molecule has 11 heteroatoms. The number of ether oxygens (including phenoxy) is 1. The van der Waals surface area contributed by atoms with Crippen molar-refractivity contribution in [1.29, 1.82) is 0 Å². The van der Waals surface area contributed by atoms with Gasteiger partial charge in [0.1, 0.15) is 11.9 Å². The predicted molar refractivity (Wildman–Crippen MR) is 133 cm³/mol. The summed E-state index contributed by atoms with van der Waals surface area (Å²) in [6.07, 6.45) is -2.45. The third kappa shape index (κ3) is 4.14. The molecule has 4 heterocycles. The summed E-state index contributed by atoms with van der Waals surface area (Å²) in [5.41, 5.74) is 2.67. The molecule has 1 aromatic carbocycles. The number of aryl methyl sites for hydroxylation is 1. The number of alkyl halides is 3. The van der Waals surface area contributed by atoms with Gasteiger partial charge in [0.2, 0.25) is 0 Å². The lowest BCUT2D eigenvalue weighted by molar-refractivity contribution is -0.182. The molecule has 3 aromatic rings. The van der Waals surface area contributed by atoms with Gasteiger partial charge >= 0.3 is 6.18 Å². The van der Waals surface area contributed by atoms with Crippen molar-refractivity contribution in [3.8, 4) is 11.4 Å². The number of rotatable bonds is 4. The Morgan fingerprint density at radius 3 is 2.57 bits per heavy atom. The van der Waals surface area contributed by atoms with Crippen LogP contribution in [0.25, 0.3) is 5.69 Å². The molecule has 1 aliphatic carbocycles. The maximum absolute atomic E-state index is 13.6. The summed E-state index contributed by atoms with van der Waals surface area (Å²) in [6.45, 7) is 5.13. The van der Waals surface area contributed by atoms with Crippen LogP contribution in [0.4, 0.5) is 19.0 Å². The average Bonchev–Trinajstić information content (AvgIpc) is 3.11. The molecule has 0 N–H and O–H groups in total. The smallest absolute Gasteiger partial charge is 0.403 e. The lowest BCUT2D eigenvalue weighted by Gasteiger charge is -2.59. The van der Waals surface area contributed by atoms with E-state index >= 15 is 0 Å². The maximum Gasteiger partial charge on any atom is 0.403 e. The van der Waals surface area contributed by atoms with E-state index in [1.54, 1.807) is 19.2 Å². The van der Waals surface area contributed by atoms with E-state index in [1.165, 1.54) is 11.8 Å². The van der Waals surface area contributed by atoms with Crippen LogP contribution in [0.1, 0.15) is 48.6 Å². The zero-order valence-corrected chi connectivity index (χ0v) is 21.6. The van der Waals surface area contributed by atoms with E-state index in [9.17, 15) is 13.2 Å². The number of hydrogen-bond acceptors (Lipinski definition) is 6. The molecular weight excluding hydrogens is 505 g/mol. The third-order valence-electron chi connectivity index (χ3n) is 8.05. The molecule has 2 fully saturated rings. The Hall–Kier alpha value is -2.85. The van der Waals surface area contributed by atoms with E-state index in [-0.39, 0.29) is 24.4 Å². The molecule has 7 nitrogen and oxygen atoms in total. The van der Waals surface area contributed by atoms with Crippen LogP contribution >= 0.6 is 11.6 Å². The first-order valence-electron chi connectivity index (χ1n) is 12.4. The van der Waals surface area contributed by atoms with Gasteiger partial charge in [-0.2, -0.15) is 13.2 Å². The summed E-state index contributed by atoms with van der Waals surface area (Å²) in [6, 6.07) is 7.66. The number of anilines is 1. The van der Waals surface area contributed by atoms with Crippen molar-refractivity contribution in [2.75, 3.05) is 25.1 Å². The number of fused-ring (bicyclic) bond motifs is 3. The summed E-state index contributed by atoms with van der Waals surface area (Å²) < 4.78 is 48.3. The van der Waals surface area contributed by atoms with Gasteiger partial charge in [0.05, 0.1) is 19.3 Å². The molecule has 0 radical (unpaired) electrons. The lowest BCUT2D eigenvalue weighted by Crippen LogP contribution is -2.62. The molecule has 37 heavy (non-hydrogen) atoms. The topological polar surface area (TPSA) is 59.3 Å². The van der Waals surface area contributed by atoms with Gasteiger partial charge in [0.25, 0.3) is 0 Å². The van der Waals surface area contributed by atoms with Gasteiger partial charge in [-0.05, 0) is 62.6 Å². The van der Waals surface area contributed by atoms with Gasteiger partial charge in [0.15, 0.2) is 17.4 Å². The van der Waals surface area contributed by atoms with Crippen LogP contribution in [0.2, 0.25) is 5.02 Å². The molecule has 1 saturated carbocycles. The number of pyridine rings is 1. The fourth-order valence-corrected chi connectivity index (χ4v) is 6.25. The van der Waals surface area contributed by atoms with Crippen LogP contribution in [-0.2, 0) is 13.1 Å². The second-order valence-electron chi connectivity index (χ2n) is 10.6. The molecule has 196 valence electrons. The second-order valence-corrected chi connectivity index (χ2v) is 11.1. The Morgan fingerprint density at radius 2 is 1.86 bits per heavy atom. The molecule has 1 spiro atoms. The summed E-state index contributed by atoms with van der Waals surface area (Å²) in [5.74, 6) is 3.17. The first kappa shape index (κ1) is 24.5. The van der Waals surface area contributed by atoms with Crippen LogP contribution in [0.5, 0.6) is 5.75 Å². The van der Waals surface area contributed by atoms with Crippen LogP contribution in [0.3, 0.4) is 0 Å². The fraction of sp³-hybridized carbons (Fsp3) is 0.500. The zero-order valence-electron chi connectivity index (χ0n) is 20.9. The molecule has 1 atom stereocenters. The number of nitrogens with zero attached hydrogens (tertiary/aromatic N) is 6. The summed E-state index contributed by atoms with van der Waals surface area (Å²) in [4.78, 5) is 8.32. The van der Waals surface area contributed by atoms with Gasteiger partial charge in [-0.15, -0.1) is 10.2 Å². The first-order chi connectivity index (χ1) is 17.6. The Bertz CT molecular complexity index is 1340. The Labute approximate surface area is 218 Å². The highest BCUT2D eigenvalue weighted by atomic mass is 35.5. The van der Waals surface area contributed by atoms with Gasteiger partial charge in [-0.25, -0.2) is 4.98 Å². The normalized spacial score (nSPS) is 20.0. The number of hydrogen-bond donors (Lipinski definition) is 0. The average molecular weight is 533 g/mol. The highest BCUT2D eigenvalue weighted by Gasteiger charge is 2.55. The quantitative estimate of drug-likeness (QED) is 0.455. The standard InChI is InChI=1S/C26H28ClF3N6O/c1-15-4-7-21(37-3)24(31-15)35-13-25(14-35)9-18(10-25)23-33-32-22-12-34(16(2)26(28,29)30)11-17-8-19(27)5-6-20(17)36(22)23/h4-8,16,18H,9-14H2,1-3H3. The summed E-state index contributed by atoms with van der Waals surface area (Å²) >= 11 is 6.25. The monoisotopic (exact) mass is 532 g/mol. The highest BCUT2D eigenvalue weighted by molar-refractivity contribution is 6.30. The van der Waals surface area contributed by atoms with E-state index in [0.717, 1.165) is 60.3 Å². The summed E-state index contributed by atoms with van der Waals surface area (Å²) in [5, 5.41) is 9.38. The van der Waals surface area contributed by atoms with Crippen molar-refractivity contribution >= 4 is 17.4 Å². The number of halogens is 4. The minimum absolute atomic E-state index is 0.0600. The largest absolute Gasteiger partial charge is 0.493 e. The van der Waals surface area contributed by atoms with Crippen molar-refractivity contribution in [2.24, 2.45) is 5.41 Å². The van der Waals surface area contributed by atoms with E-state index in [1.807, 2.05) is 29.7 Å². The molecule has 0 bridgehead atoms. The van der Waals surface area contributed by atoms with Crippen molar-refractivity contribution in [3.05, 3.63) is 58.3 Å². The van der Waals surface area contributed by atoms with Crippen LogP contribution in [0.15, 0.2) is 30.3 Å². The summed E-state index contributed by atoms with van der Waals surface area (Å²) in [7, 11) is 1.66. The minimum Gasteiger partial charge on any atom is -0.493 e. The van der Waals surface area contributed by atoms with Crippen LogP contribution in [-0.4, -0.2) is 57.1 Å². The molecule has 3 aliphatic rings. The van der Waals surface area contributed by atoms with E-state index < -0.39 is 12.2 Å². The Balaban J connectivity index is 1.25. The van der Waals surface area contributed by atoms with Crippen molar-refractivity contribution in [1.82, 2.24) is 24.6 Å². The van der Waals surface area contributed by atoms with Gasteiger partial charge in [0, 0.05) is 41.7 Å². The number of benzene rings is 1. The second kappa shape index (κ2) is 8.59. The van der Waals surface area contributed by atoms with Gasteiger partial charge in [-0.1, -0.05) is 11.6 Å². The Morgan fingerprint density at radius 1 is 1.11 bits per heavy atom. The molecule has 6 rings (SSSR count). The first-order valence-corrected chi connectivity index (χ1v) is 12.7. The van der Waals surface area contributed by atoms with Gasteiger partial charge < -0.3 is 9.64 Å². The van der Waals surface area contributed by atoms with E-state index in [0.29, 0.717) is 10.8 Å². The number of aromatic nitrogens is 4. The van der Waals surface area contributed by atoms with E-state index in [2.05, 4.69) is 20.1 Å². The fourth-order valence-electron chi connectivity index (χ4n) is 6.05. The lowest BCUT2D eigenvalue weighted by atomic mass is 9.57. The van der Waals surface area contributed by atoms with Crippen molar-refractivity contribution < 1.29 is 17.9 Å².